The van der Waals surface area contributed by atoms with E-state index in [-0.39, 0.29) is 17.6 Å². The fraction of sp³-hybridized carbons (Fsp3) is 0.235. The Kier molecular flexibility index (Phi) is 8.66. The zero-order chi connectivity index (χ0) is 28.1. The van der Waals surface area contributed by atoms with Gasteiger partial charge in [-0.2, -0.15) is 0 Å². The summed E-state index contributed by atoms with van der Waals surface area (Å²) in [5.41, 5.74) is 5.57. The van der Waals surface area contributed by atoms with Crippen LogP contribution in [-0.2, 0) is 0 Å². The summed E-state index contributed by atoms with van der Waals surface area (Å²) in [4.78, 5) is 25.0. The van der Waals surface area contributed by atoms with Crippen molar-refractivity contribution in [3.8, 4) is 0 Å². The van der Waals surface area contributed by atoms with E-state index in [1.54, 1.807) is 23.9 Å². The van der Waals surface area contributed by atoms with E-state index in [2.05, 4.69) is 67.3 Å². The molecule has 0 bridgehead atoms. The summed E-state index contributed by atoms with van der Waals surface area (Å²) in [6.45, 7) is 9.00. The van der Waals surface area contributed by atoms with Crippen molar-refractivity contribution in [2.75, 3.05) is 31.1 Å². The van der Waals surface area contributed by atoms with Gasteiger partial charge in [0.2, 0.25) is 0 Å². The molecule has 1 aliphatic heterocycles. The smallest absolute Gasteiger partial charge is 0.254 e. The molecule has 0 spiro atoms. The standard InChI is InChI=1S/C34H34FN3OS/c1-24(2)33(26-8-7-11-31(22-26)40-30-9-5-4-6-10-30)36-32-23-27(13-12-25(32)3)34(39)38-20-18-37(19-21-38)29-16-14-28(35)15-17-29/h4-17,22-24H,18-21H2,1-3H3. The zero-order valence-electron chi connectivity index (χ0n) is 23.2. The number of carbonyl (C=O) groups excluding carboxylic acids is 1. The number of rotatable bonds is 7. The van der Waals surface area contributed by atoms with Crippen molar-refractivity contribution >= 4 is 34.8 Å². The Labute approximate surface area is 240 Å². The normalized spacial score (nSPS) is 14.1. The van der Waals surface area contributed by atoms with Gasteiger partial charge in [0.05, 0.1) is 11.4 Å². The van der Waals surface area contributed by atoms with Crippen LogP contribution in [0.4, 0.5) is 15.8 Å². The van der Waals surface area contributed by atoms with E-state index >= 15 is 0 Å². The van der Waals surface area contributed by atoms with Gasteiger partial charge in [-0.25, -0.2) is 4.39 Å². The van der Waals surface area contributed by atoms with E-state index in [1.165, 1.54) is 17.0 Å². The van der Waals surface area contributed by atoms with Crippen molar-refractivity contribution < 1.29 is 9.18 Å². The van der Waals surface area contributed by atoms with Crippen LogP contribution in [0, 0.1) is 18.7 Å². The van der Waals surface area contributed by atoms with Crippen molar-refractivity contribution in [2.24, 2.45) is 10.9 Å². The van der Waals surface area contributed by atoms with Crippen molar-refractivity contribution in [3.05, 3.63) is 120 Å². The molecule has 1 fully saturated rings. The second-order valence-electron chi connectivity index (χ2n) is 10.4. The first-order chi connectivity index (χ1) is 19.4. The van der Waals surface area contributed by atoms with E-state index in [4.69, 9.17) is 4.99 Å². The van der Waals surface area contributed by atoms with E-state index in [0.29, 0.717) is 31.7 Å². The second-order valence-corrected chi connectivity index (χ2v) is 11.5. The van der Waals surface area contributed by atoms with Crippen molar-refractivity contribution in [3.63, 3.8) is 0 Å². The number of amides is 1. The van der Waals surface area contributed by atoms with Crippen molar-refractivity contribution in [1.82, 2.24) is 4.90 Å². The van der Waals surface area contributed by atoms with Crippen LogP contribution in [-0.4, -0.2) is 42.7 Å². The summed E-state index contributed by atoms with van der Waals surface area (Å²) >= 11 is 1.74. The quantitative estimate of drug-likeness (QED) is 0.218. The van der Waals surface area contributed by atoms with Gasteiger partial charge in [0.1, 0.15) is 5.82 Å². The highest BCUT2D eigenvalue weighted by molar-refractivity contribution is 7.99. The van der Waals surface area contributed by atoms with Gasteiger partial charge in [-0.05, 0) is 84.6 Å². The Bertz CT molecular complexity index is 1490. The largest absolute Gasteiger partial charge is 0.368 e. The first-order valence-electron chi connectivity index (χ1n) is 13.7. The number of carbonyl (C=O) groups is 1. The molecule has 0 saturated carbocycles. The minimum Gasteiger partial charge on any atom is -0.368 e. The minimum absolute atomic E-state index is 0.0163. The number of aryl methyl sites for hydroxylation is 1. The van der Waals surface area contributed by atoms with Crippen LogP contribution >= 0.6 is 11.8 Å². The SMILES string of the molecule is Cc1ccc(C(=O)N2CCN(c3ccc(F)cc3)CC2)cc1N=C(c1cccc(Sc2ccccc2)c1)C(C)C. The molecule has 40 heavy (non-hydrogen) atoms. The maximum Gasteiger partial charge on any atom is 0.254 e. The number of aliphatic imine (C=N–C) groups is 1. The van der Waals surface area contributed by atoms with Gasteiger partial charge in [-0.15, -0.1) is 0 Å². The van der Waals surface area contributed by atoms with Crippen LogP contribution < -0.4 is 4.90 Å². The molecule has 0 radical (unpaired) electrons. The van der Waals surface area contributed by atoms with Gasteiger partial charge in [0.15, 0.2) is 0 Å². The van der Waals surface area contributed by atoms with Crippen molar-refractivity contribution in [1.29, 1.82) is 0 Å². The van der Waals surface area contributed by atoms with Crippen LogP contribution in [0.1, 0.15) is 35.3 Å². The van der Waals surface area contributed by atoms with Crippen LogP contribution in [0.5, 0.6) is 0 Å². The molecule has 1 heterocycles. The first kappa shape index (κ1) is 27.7. The lowest BCUT2D eigenvalue weighted by atomic mass is 9.99. The molecule has 0 atom stereocenters. The first-order valence-corrected chi connectivity index (χ1v) is 14.5. The highest BCUT2D eigenvalue weighted by Gasteiger charge is 2.23. The molecule has 5 rings (SSSR count). The van der Waals surface area contributed by atoms with Crippen LogP contribution in [0.25, 0.3) is 0 Å². The summed E-state index contributed by atoms with van der Waals surface area (Å²) in [6.07, 6.45) is 0. The summed E-state index contributed by atoms with van der Waals surface area (Å²) in [7, 11) is 0. The van der Waals surface area contributed by atoms with Crippen LogP contribution in [0.15, 0.2) is 112 Å². The van der Waals surface area contributed by atoms with Gasteiger partial charge in [-0.3, -0.25) is 9.79 Å². The number of anilines is 1. The molecule has 0 aromatic heterocycles. The molecule has 204 valence electrons. The van der Waals surface area contributed by atoms with E-state index < -0.39 is 0 Å². The maximum atomic E-state index is 13.5. The summed E-state index contributed by atoms with van der Waals surface area (Å²) in [5.74, 6) is -0.0207. The lowest BCUT2D eigenvalue weighted by Gasteiger charge is -2.36. The zero-order valence-corrected chi connectivity index (χ0v) is 24.0. The molecular weight excluding hydrogens is 517 g/mol. The van der Waals surface area contributed by atoms with Crippen LogP contribution in [0.3, 0.4) is 0 Å². The molecule has 1 saturated heterocycles. The third-order valence-electron chi connectivity index (χ3n) is 7.11. The fourth-order valence-corrected chi connectivity index (χ4v) is 5.76. The maximum absolute atomic E-state index is 13.5. The molecule has 4 aromatic rings. The minimum atomic E-state index is -0.241. The van der Waals surface area contributed by atoms with Crippen LogP contribution in [0.2, 0.25) is 0 Å². The number of hydrogen-bond donors (Lipinski definition) is 0. The molecule has 0 N–H and O–H groups in total. The molecule has 1 aliphatic rings. The highest BCUT2D eigenvalue weighted by atomic mass is 32.2. The number of halogens is 1. The van der Waals surface area contributed by atoms with E-state index in [0.717, 1.165) is 33.1 Å². The summed E-state index contributed by atoms with van der Waals surface area (Å²) < 4.78 is 13.3. The summed E-state index contributed by atoms with van der Waals surface area (Å²) in [5, 5.41) is 0. The number of hydrogen-bond acceptors (Lipinski definition) is 4. The van der Waals surface area contributed by atoms with Gasteiger partial charge in [0, 0.05) is 47.2 Å². The molecule has 0 aliphatic carbocycles. The monoisotopic (exact) mass is 551 g/mol. The average Bonchev–Trinajstić information content (AvgIpc) is 2.97. The predicted molar refractivity (Wildman–Crippen MR) is 164 cm³/mol. The molecule has 4 aromatic carbocycles. The topological polar surface area (TPSA) is 35.9 Å². The second kappa shape index (κ2) is 12.5. The van der Waals surface area contributed by atoms with Gasteiger partial charge in [-0.1, -0.05) is 62.0 Å². The summed E-state index contributed by atoms with van der Waals surface area (Å²) in [6, 6.07) is 31.2. The molecule has 6 heteroatoms. The van der Waals surface area contributed by atoms with Gasteiger partial charge in [0.25, 0.3) is 5.91 Å². The third-order valence-corrected chi connectivity index (χ3v) is 8.11. The lowest BCUT2D eigenvalue weighted by molar-refractivity contribution is 0.0747. The molecule has 4 nitrogen and oxygen atoms in total. The Balaban J connectivity index is 1.34. The van der Waals surface area contributed by atoms with Crippen molar-refractivity contribution in [2.45, 2.75) is 30.6 Å². The van der Waals surface area contributed by atoms with E-state index in [1.807, 2.05) is 36.1 Å². The molecule has 0 unspecified atom stereocenters. The van der Waals surface area contributed by atoms with Gasteiger partial charge >= 0.3 is 0 Å². The highest BCUT2D eigenvalue weighted by Crippen LogP contribution is 2.30. The number of nitrogens with zero attached hydrogens (tertiary/aromatic N) is 3. The Morgan fingerprint density at radius 3 is 2.20 bits per heavy atom. The predicted octanol–water partition coefficient (Wildman–Crippen LogP) is 8.02. The van der Waals surface area contributed by atoms with Gasteiger partial charge < -0.3 is 9.80 Å². The van der Waals surface area contributed by atoms with E-state index in [9.17, 15) is 9.18 Å². The fourth-order valence-electron chi connectivity index (χ4n) is 4.87. The Morgan fingerprint density at radius 1 is 0.800 bits per heavy atom. The number of benzene rings is 4. The average molecular weight is 552 g/mol. The Hall–Kier alpha value is -3.90. The number of piperazine rings is 1. The molecule has 1 amide bonds. The third kappa shape index (κ3) is 6.62. The molecular formula is C34H34FN3OS. The Morgan fingerprint density at radius 2 is 1.50 bits per heavy atom. The lowest BCUT2D eigenvalue weighted by Crippen LogP contribution is -2.48.